The fourth-order valence-corrected chi connectivity index (χ4v) is 3.88. The summed E-state index contributed by atoms with van der Waals surface area (Å²) >= 11 is 1.78. The van der Waals surface area contributed by atoms with Gasteiger partial charge in [-0.3, -0.25) is 0 Å². The van der Waals surface area contributed by atoms with Gasteiger partial charge in [0.2, 0.25) is 0 Å². The van der Waals surface area contributed by atoms with Crippen LogP contribution in [-0.4, -0.2) is 31.3 Å². The second kappa shape index (κ2) is 5.38. The van der Waals surface area contributed by atoms with Gasteiger partial charge in [0.05, 0.1) is 11.8 Å². The fraction of sp³-hybridized carbons (Fsp3) is 0.786. The van der Waals surface area contributed by atoms with Crippen molar-refractivity contribution in [3.8, 4) is 0 Å². The molecule has 1 aromatic heterocycles. The van der Waals surface area contributed by atoms with Gasteiger partial charge in [0.1, 0.15) is 0 Å². The summed E-state index contributed by atoms with van der Waals surface area (Å²) in [6, 6.07) is 0. The summed E-state index contributed by atoms with van der Waals surface area (Å²) in [6.45, 7) is 4.94. The van der Waals surface area contributed by atoms with Crippen molar-refractivity contribution in [1.82, 2.24) is 4.98 Å². The smallest absolute Gasteiger partial charge is 0.185 e. The predicted molar refractivity (Wildman–Crippen MR) is 78.8 cm³/mol. The monoisotopic (exact) mass is 281 g/mol. The Morgan fingerprint density at radius 3 is 2.84 bits per heavy atom. The molecule has 19 heavy (non-hydrogen) atoms. The SMILES string of the molecule is COC1CN(c2nc(C3CC3)c(CN)s2)CCC1C. The Kier molecular flexibility index (Phi) is 3.78. The lowest BCUT2D eigenvalue weighted by atomic mass is 9.96. The van der Waals surface area contributed by atoms with Crippen molar-refractivity contribution >= 4 is 16.5 Å². The Labute approximate surface area is 119 Å². The van der Waals surface area contributed by atoms with E-state index in [4.69, 9.17) is 15.5 Å². The molecule has 5 heteroatoms. The molecule has 2 unspecified atom stereocenters. The third kappa shape index (κ3) is 2.64. The summed E-state index contributed by atoms with van der Waals surface area (Å²) in [4.78, 5) is 8.53. The van der Waals surface area contributed by atoms with Gasteiger partial charge in [-0.25, -0.2) is 4.98 Å². The van der Waals surface area contributed by atoms with E-state index in [-0.39, 0.29) is 0 Å². The van der Waals surface area contributed by atoms with Crippen LogP contribution in [0.25, 0.3) is 0 Å². The molecule has 2 atom stereocenters. The van der Waals surface area contributed by atoms with Crippen LogP contribution in [0.1, 0.15) is 42.7 Å². The number of piperidine rings is 1. The van der Waals surface area contributed by atoms with Gasteiger partial charge in [-0.15, -0.1) is 11.3 Å². The summed E-state index contributed by atoms with van der Waals surface area (Å²) in [6.07, 6.45) is 4.07. The van der Waals surface area contributed by atoms with Crippen LogP contribution in [0, 0.1) is 5.92 Å². The van der Waals surface area contributed by atoms with E-state index in [1.165, 1.54) is 29.8 Å². The molecule has 1 saturated heterocycles. The molecular weight excluding hydrogens is 258 g/mol. The lowest BCUT2D eigenvalue weighted by Gasteiger charge is -2.36. The molecule has 0 aromatic carbocycles. The average molecular weight is 281 g/mol. The highest BCUT2D eigenvalue weighted by molar-refractivity contribution is 7.15. The lowest BCUT2D eigenvalue weighted by molar-refractivity contribution is 0.0498. The van der Waals surface area contributed by atoms with Crippen molar-refractivity contribution in [2.45, 2.75) is 44.8 Å². The van der Waals surface area contributed by atoms with Gasteiger partial charge in [-0.2, -0.15) is 0 Å². The number of nitrogens with zero attached hydrogens (tertiary/aromatic N) is 2. The molecule has 4 nitrogen and oxygen atoms in total. The van der Waals surface area contributed by atoms with Gasteiger partial charge in [0.25, 0.3) is 0 Å². The van der Waals surface area contributed by atoms with E-state index in [9.17, 15) is 0 Å². The van der Waals surface area contributed by atoms with Crippen molar-refractivity contribution < 1.29 is 4.74 Å². The molecule has 2 heterocycles. The summed E-state index contributed by atoms with van der Waals surface area (Å²) in [5.74, 6) is 1.32. The first-order valence-corrected chi connectivity index (χ1v) is 8.02. The summed E-state index contributed by atoms with van der Waals surface area (Å²) in [7, 11) is 1.81. The van der Waals surface area contributed by atoms with Gasteiger partial charge >= 0.3 is 0 Å². The molecular formula is C14H23N3OS. The third-order valence-electron chi connectivity index (χ3n) is 4.33. The minimum Gasteiger partial charge on any atom is -0.379 e. The number of rotatable bonds is 4. The van der Waals surface area contributed by atoms with E-state index in [2.05, 4.69) is 11.8 Å². The van der Waals surface area contributed by atoms with Gasteiger partial charge in [-0.1, -0.05) is 6.92 Å². The Hall–Kier alpha value is -0.650. The molecule has 0 spiro atoms. The van der Waals surface area contributed by atoms with E-state index < -0.39 is 0 Å². The molecule has 1 aliphatic heterocycles. The zero-order valence-corrected chi connectivity index (χ0v) is 12.6. The molecule has 1 aromatic rings. The molecule has 2 aliphatic rings. The second-order valence-corrected chi connectivity index (χ2v) is 6.83. The quantitative estimate of drug-likeness (QED) is 0.920. The minimum absolute atomic E-state index is 0.323. The van der Waals surface area contributed by atoms with Crippen molar-refractivity contribution in [3.63, 3.8) is 0 Å². The highest BCUT2D eigenvalue weighted by Gasteiger charge is 2.32. The van der Waals surface area contributed by atoms with E-state index >= 15 is 0 Å². The number of methoxy groups -OCH3 is 1. The van der Waals surface area contributed by atoms with Crippen LogP contribution < -0.4 is 10.6 Å². The average Bonchev–Trinajstić information content (AvgIpc) is 3.19. The van der Waals surface area contributed by atoms with E-state index in [0.717, 1.165) is 18.2 Å². The number of aromatic nitrogens is 1. The Balaban J connectivity index is 1.78. The van der Waals surface area contributed by atoms with Gasteiger partial charge in [0.15, 0.2) is 5.13 Å². The number of thiazole rings is 1. The summed E-state index contributed by atoms with van der Waals surface area (Å²) < 4.78 is 5.59. The Bertz CT molecular complexity index is 444. The van der Waals surface area contributed by atoms with Crippen molar-refractivity contribution in [3.05, 3.63) is 10.6 Å². The number of hydrogen-bond acceptors (Lipinski definition) is 5. The van der Waals surface area contributed by atoms with Crippen molar-refractivity contribution in [2.75, 3.05) is 25.1 Å². The Morgan fingerprint density at radius 2 is 2.21 bits per heavy atom. The molecule has 0 radical (unpaired) electrons. The number of anilines is 1. The molecule has 106 valence electrons. The van der Waals surface area contributed by atoms with Crippen LogP contribution in [0.5, 0.6) is 0 Å². The zero-order valence-electron chi connectivity index (χ0n) is 11.8. The van der Waals surface area contributed by atoms with E-state index in [0.29, 0.717) is 24.5 Å². The zero-order chi connectivity index (χ0) is 13.4. The van der Waals surface area contributed by atoms with Crippen LogP contribution in [0.15, 0.2) is 0 Å². The molecule has 0 bridgehead atoms. The van der Waals surface area contributed by atoms with Crippen LogP contribution >= 0.6 is 11.3 Å². The fourth-order valence-electron chi connectivity index (χ4n) is 2.82. The van der Waals surface area contributed by atoms with Gasteiger partial charge < -0.3 is 15.4 Å². The van der Waals surface area contributed by atoms with Gasteiger partial charge in [0, 0.05) is 37.5 Å². The lowest BCUT2D eigenvalue weighted by Crippen LogP contribution is -2.43. The van der Waals surface area contributed by atoms with Crippen LogP contribution in [0.3, 0.4) is 0 Å². The first kappa shape index (κ1) is 13.3. The third-order valence-corrected chi connectivity index (χ3v) is 5.48. The Morgan fingerprint density at radius 1 is 1.42 bits per heavy atom. The van der Waals surface area contributed by atoms with Crippen LogP contribution in [-0.2, 0) is 11.3 Å². The molecule has 0 amide bonds. The maximum absolute atomic E-state index is 5.86. The maximum atomic E-state index is 5.86. The highest BCUT2D eigenvalue weighted by atomic mass is 32.1. The first-order chi connectivity index (χ1) is 9.22. The largest absolute Gasteiger partial charge is 0.379 e. The predicted octanol–water partition coefficient (Wildman–Crippen LogP) is 2.34. The topological polar surface area (TPSA) is 51.4 Å². The summed E-state index contributed by atoms with van der Waals surface area (Å²) in [5, 5.41) is 1.15. The number of hydrogen-bond donors (Lipinski definition) is 1. The molecule has 1 aliphatic carbocycles. The summed E-state index contributed by atoms with van der Waals surface area (Å²) in [5.41, 5.74) is 7.14. The first-order valence-electron chi connectivity index (χ1n) is 7.20. The van der Waals surface area contributed by atoms with Crippen LogP contribution in [0.2, 0.25) is 0 Å². The van der Waals surface area contributed by atoms with Crippen molar-refractivity contribution in [2.24, 2.45) is 11.7 Å². The standard InChI is InChI=1S/C14H23N3OS/c1-9-5-6-17(8-11(9)18-2)14-16-13(10-3-4-10)12(7-15)19-14/h9-11H,3-8,15H2,1-2H3. The number of ether oxygens (including phenoxy) is 1. The second-order valence-electron chi connectivity index (χ2n) is 5.77. The molecule has 2 N–H and O–H groups in total. The van der Waals surface area contributed by atoms with E-state index in [1.807, 2.05) is 7.11 Å². The molecule has 1 saturated carbocycles. The van der Waals surface area contributed by atoms with Crippen LogP contribution in [0.4, 0.5) is 5.13 Å². The molecule has 3 rings (SSSR count). The highest BCUT2D eigenvalue weighted by Crippen LogP contribution is 2.44. The van der Waals surface area contributed by atoms with Crippen molar-refractivity contribution in [1.29, 1.82) is 0 Å². The maximum Gasteiger partial charge on any atom is 0.185 e. The number of nitrogens with two attached hydrogens (primary N) is 1. The molecule has 2 fully saturated rings. The minimum atomic E-state index is 0.323. The normalized spacial score (nSPS) is 27.8. The van der Waals surface area contributed by atoms with Gasteiger partial charge in [-0.05, 0) is 25.2 Å². The van der Waals surface area contributed by atoms with E-state index in [1.54, 1.807) is 11.3 Å².